The predicted molar refractivity (Wildman–Crippen MR) is 48.7 cm³/mol. The second-order valence-corrected chi connectivity index (χ2v) is 2.92. The van der Waals surface area contributed by atoms with Gasteiger partial charge >= 0.3 is 0 Å². The Labute approximate surface area is 70.2 Å². The van der Waals surface area contributed by atoms with Crippen molar-refractivity contribution >= 4 is 0 Å². The van der Waals surface area contributed by atoms with E-state index in [9.17, 15) is 0 Å². The molecular formula is C9H21NO. The highest BCUT2D eigenvalue weighted by molar-refractivity contribution is 4.71. The van der Waals surface area contributed by atoms with Crippen molar-refractivity contribution in [3.63, 3.8) is 0 Å². The monoisotopic (exact) mass is 159 g/mol. The number of β-amino-alcohol motifs (C(OH)–C–C–N with tert-alkyl or cyclic N) is 1. The normalized spacial score (nSPS) is 24.5. The molecule has 0 aliphatic carbocycles. The Kier molecular flexibility index (Phi) is 6.57. The van der Waals surface area contributed by atoms with Crippen molar-refractivity contribution in [2.24, 2.45) is 5.92 Å². The predicted octanol–water partition coefficient (Wildman–Crippen LogP) is 1.35. The summed E-state index contributed by atoms with van der Waals surface area (Å²) in [6.07, 6.45) is 1.31. The largest absolute Gasteiger partial charge is 0.395 e. The minimum absolute atomic E-state index is 0.312. The molecule has 1 rings (SSSR count). The van der Waals surface area contributed by atoms with Crippen molar-refractivity contribution in [2.75, 3.05) is 26.2 Å². The van der Waals surface area contributed by atoms with Crippen molar-refractivity contribution in [1.29, 1.82) is 0 Å². The number of nitrogens with zero attached hydrogens (tertiary/aromatic N) is 1. The van der Waals surface area contributed by atoms with Crippen LogP contribution in [0.4, 0.5) is 0 Å². The average molecular weight is 159 g/mol. The van der Waals surface area contributed by atoms with E-state index >= 15 is 0 Å². The number of aliphatic hydroxyl groups is 1. The van der Waals surface area contributed by atoms with E-state index in [1.54, 1.807) is 0 Å². The summed E-state index contributed by atoms with van der Waals surface area (Å²) >= 11 is 0. The lowest BCUT2D eigenvalue weighted by Crippen LogP contribution is -2.23. The quantitative estimate of drug-likeness (QED) is 0.657. The molecular weight excluding hydrogens is 138 g/mol. The van der Waals surface area contributed by atoms with Gasteiger partial charge in [-0.3, -0.25) is 0 Å². The fourth-order valence-corrected chi connectivity index (χ4v) is 1.37. The van der Waals surface area contributed by atoms with Crippen LogP contribution in [0.3, 0.4) is 0 Å². The third-order valence-electron chi connectivity index (χ3n) is 1.92. The van der Waals surface area contributed by atoms with E-state index in [1.165, 1.54) is 19.5 Å². The molecule has 1 unspecified atom stereocenters. The molecule has 0 aromatic rings. The zero-order valence-corrected chi connectivity index (χ0v) is 8.01. The lowest BCUT2D eigenvalue weighted by Gasteiger charge is -2.11. The van der Waals surface area contributed by atoms with Crippen LogP contribution < -0.4 is 0 Å². The maximum Gasteiger partial charge on any atom is 0.0558 e. The molecule has 0 bridgehead atoms. The Morgan fingerprint density at radius 2 is 2.09 bits per heavy atom. The fourth-order valence-electron chi connectivity index (χ4n) is 1.37. The number of hydrogen-bond donors (Lipinski definition) is 1. The standard InChI is InChI=1S/C7H15NO.C2H6/c1-7-2-3-8(6-7)4-5-9;1-2/h7,9H,2-6H2,1H3;1-2H3. The first kappa shape index (κ1) is 10.9. The van der Waals surface area contributed by atoms with Gasteiger partial charge in [-0.25, -0.2) is 0 Å². The first-order valence-electron chi connectivity index (χ1n) is 4.66. The van der Waals surface area contributed by atoms with E-state index in [-0.39, 0.29) is 0 Å². The highest BCUT2D eigenvalue weighted by Gasteiger charge is 2.16. The highest BCUT2D eigenvalue weighted by atomic mass is 16.3. The van der Waals surface area contributed by atoms with E-state index < -0.39 is 0 Å². The zero-order valence-electron chi connectivity index (χ0n) is 8.01. The van der Waals surface area contributed by atoms with Gasteiger partial charge in [-0.2, -0.15) is 0 Å². The van der Waals surface area contributed by atoms with Crippen molar-refractivity contribution in [3.05, 3.63) is 0 Å². The molecule has 0 saturated carbocycles. The summed E-state index contributed by atoms with van der Waals surface area (Å²) in [7, 11) is 0. The average Bonchev–Trinajstić information content (AvgIpc) is 2.41. The molecule has 1 aliphatic heterocycles. The first-order valence-corrected chi connectivity index (χ1v) is 4.66. The van der Waals surface area contributed by atoms with Crippen LogP contribution >= 0.6 is 0 Å². The van der Waals surface area contributed by atoms with Gasteiger partial charge in [0.2, 0.25) is 0 Å². The third-order valence-corrected chi connectivity index (χ3v) is 1.92. The lowest BCUT2D eigenvalue weighted by molar-refractivity contribution is 0.218. The molecule has 1 fully saturated rings. The van der Waals surface area contributed by atoms with Gasteiger partial charge < -0.3 is 10.0 Å². The number of rotatable bonds is 2. The molecule has 0 aromatic heterocycles. The molecule has 0 aromatic carbocycles. The van der Waals surface area contributed by atoms with E-state index in [1.807, 2.05) is 13.8 Å². The van der Waals surface area contributed by atoms with Crippen LogP contribution in [0.25, 0.3) is 0 Å². The Hall–Kier alpha value is -0.0800. The van der Waals surface area contributed by atoms with Crippen LogP contribution in [-0.4, -0.2) is 36.2 Å². The molecule has 11 heavy (non-hydrogen) atoms. The Morgan fingerprint density at radius 1 is 1.45 bits per heavy atom. The molecule has 68 valence electrons. The van der Waals surface area contributed by atoms with Crippen LogP contribution in [0, 0.1) is 5.92 Å². The van der Waals surface area contributed by atoms with Gasteiger partial charge in [0.05, 0.1) is 6.61 Å². The van der Waals surface area contributed by atoms with Gasteiger partial charge in [-0.05, 0) is 18.9 Å². The Morgan fingerprint density at radius 3 is 2.45 bits per heavy atom. The molecule has 2 heteroatoms. The molecule has 1 saturated heterocycles. The number of hydrogen-bond acceptors (Lipinski definition) is 2. The molecule has 2 nitrogen and oxygen atoms in total. The molecule has 1 heterocycles. The summed E-state index contributed by atoms with van der Waals surface area (Å²) in [5.41, 5.74) is 0. The van der Waals surface area contributed by atoms with E-state index in [0.29, 0.717) is 6.61 Å². The minimum Gasteiger partial charge on any atom is -0.395 e. The zero-order chi connectivity index (χ0) is 8.69. The van der Waals surface area contributed by atoms with E-state index in [4.69, 9.17) is 5.11 Å². The van der Waals surface area contributed by atoms with Crippen LogP contribution in [0.5, 0.6) is 0 Å². The summed E-state index contributed by atoms with van der Waals surface area (Å²) in [6, 6.07) is 0. The summed E-state index contributed by atoms with van der Waals surface area (Å²) < 4.78 is 0. The highest BCUT2D eigenvalue weighted by Crippen LogP contribution is 2.13. The van der Waals surface area contributed by atoms with Gasteiger partial charge in [0.1, 0.15) is 0 Å². The summed E-state index contributed by atoms with van der Waals surface area (Å²) in [4.78, 5) is 2.31. The second kappa shape index (κ2) is 6.62. The van der Waals surface area contributed by atoms with Crippen LogP contribution in [0.15, 0.2) is 0 Å². The molecule has 0 radical (unpaired) electrons. The Balaban J connectivity index is 0.000000461. The summed E-state index contributed by atoms with van der Waals surface area (Å²) in [5, 5.41) is 8.57. The van der Waals surface area contributed by atoms with Gasteiger partial charge in [-0.15, -0.1) is 0 Å². The topological polar surface area (TPSA) is 23.5 Å². The van der Waals surface area contributed by atoms with E-state index in [2.05, 4.69) is 11.8 Å². The number of aliphatic hydroxyl groups excluding tert-OH is 1. The molecule has 1 N–H and O–H groups in total. The SMILES string of the molecule is CC.CC1CCN(CCO)C1. The van der Waals surface area contributed by atoms with Gasteiger partial charge in [-0.1, -0.05) is 20.8 Å². The molecule has 0 spiro atoms. The molecule has 1 aliphatic rings. The van der Waals surface area contributed by atoms with Crippen LogP contribution in [-0.2, 0) is 0 Å². The molecule has 0 amide bonds. The lowest BCUT2D eigenvalue weighted by atomic mass is 10.2. The van der Waals surface area contributed by atoms with Crippen molar-refractivity contribution < 1.29 is 5.11 Å². The number of likely N-dealkylation sites (tertiary alicyclic amines) is 1. The van der Waals surface area contributed by atoms with Gasteiger partial charge in [0.25, 0.3) is 0 Å². The van der Waals surface area contributed by atoms with Crippen molar-refractivity contribution in [2.45, 2.75) is 27.2 Å². The van der Waals surface area contributed by atoms with E-state index in [0.717, 1.165) is 12.5 Å². The van der Waals surface area contributed by atoms with Crippen LogP contribution in [0.2, 0.25) is 0 Å². The third kappa shape index (κ3) is 4.38. The maximum absolute atomic E-state index is 8.57. The summed E-state index contributed by atoms with van der Waals surface area (Å²) in [5.74, 6) is 0.844. The van der Waals surface area contributed by atoms with Gasteiger partial charge in [0, 0.05) is 13.1 Å². The van der Waals surface area contributed by atoms with Gasteiger partial charge in [0.15, 0.2) is 0 Å². The maximum atomic E-state index is 8.57. The van der Waals surface area contributed by atoms with Crippen molar-refractivity contribution in [3.8, 4) is 0 Å². The van der Waals surface area contributed by atoms with Crippen molar-refractivity contribution in [1.82, 2.24) is 4.90 Å². The summed E-state index contributed by atoms with van der Waals surface area (Å²) in [6.45, 7) is 9.80. The minimum atomic E-state index is 0.312. The molecule has 1 atom stereocenters. The first-order chi connectivity index (χ1) is 5.33. The fraction of sp³-hybridized carbons (Fsp3) is 1.00. The smallest absolute Gasteiger partial charge is 0.0558 e. The second-order valence-electron chi connectivity index (χ2n) is 2.92. The Bertz CT molecular complexity index is 83.6. The van der Waals surface area contributed by atoms with Crippen LogP contribution in [0.1, 0.15) is 27.2 Å².